The summed E-state index contributed by atoms with van der Waals surface area (Å²) in [7, 11) is 1.62. The first-order chi connectivity index (χ1) is 12.7. The highest BCUT2D eigenvalue weighted by Gasteiger charge is 2.13. The van der Waals surface area contributed by atoms with Crippen molar-refractivity contribution in [2.75, 3.05) is 7.11 Å². The summed E-state index contributed by atoms with van der Waals surface area (Å²) < 4.78 is 20.6. The van der Waals surface area contributed by atoms with Crippen molar-refractivity contribution >= 4 is 21.6 Å². The fraction of sp³-hybridized carbons (Fsp3) is 0.100. The number of thiophene rings is 1. The van der Waals surface area contributed by atoms with Gasteiger partial charge in [0.15, 0.2) is 0 Å². The van der Waals surface area contributed by atoms with Crippen LogP contribution in [0, 0.1) is 5.82 Å². The Kier molecular flexibility index (Phi) is 4.26. The Morgan fingerprint density at radius 3 is 2.73 bits per heavy atom. The number of nitrogens with zero attached hydrogens (tertiary/aromatic N) is 2. The van der Waals surface area contributed by atoms with Crippen LogP contribution in [0.3, 0.4) is 0 Å². The van der Waals surface area contributed by atoms with Crippen LogP contribution < -0.4 is 10.3 Å². The van der Waals surface area contributed by atoms with E-state index in [4.69, 9.17) is 4.74 Å². The van der Waals surface area contributed by atoms with E-state index in [1.165, 1.54) is 34.4 Å². The molecule has 4 nitrogen and oxygen atoms in total. The predicted molar refractivity (Wildman–Crippen MR) is 101 cm³/mol. The molecule has 0 bridgehead atoms. The molecule has 4 rings (SSSR count). The minimum atomic E-state index is -0.317. The molecule has 0 saturated heterocycles. The first kappa shape index (κ1) is 16.5. The van der Waals surface area contributed by atoms with Crippen LogP contribution in [-0.2, 0) is 6.54 Å². The molecule has 6 heteroatoms. The molecule has 0 amide bonds. The van der Waals surface area contributed by atoms with E-state index in [9.17, 15) is 9.18 Å². The second kappa shape index (κ2) is 6.72. The van der Waals surface area contributed by atoms with Gasteiger partial charge in [0, 0.05) is 10.9 Å². The second-order valence-electron chi connectivity index (χ2n) is 5.86. The molecule has 0 atom stereocenters. The SMILES string of the molecule is COc1ccc(-c2csc3c(=O)n(Cc4cccc(F)c4)cnc23)cc1. The number of aromatic nitrogens is 2. The van der Waals surface area contributed by atoms with Gasteiger partial charge < -0.3 is 4.74 Å². The molecule has 0 unspecified atom stereocenters. The van der Waals surface area contributed by atoms with Crippen LogP contribution in [0.25, 0.3) is 21.3 Å². The lowest BCUT2D eigenvalue weighted by Crippen LogP contribution is -2.20. The summed E-state index contributed by atoms with van der Waals surface area (Å²) >= 11 is 1.37. The van der Waals surface area contributed by atoms with Gasteiger partial charge in [-0.05, 0) is 35.4 Å². The second-order valence-corrected chi connectivity index (χ2v) is 6.74. The van der Waals surface area contributed by atoms with Crippen LogP contribution >= 0.6 is 11.3 Å². The normalized spacial score (nSPS) is 11.0. The molecule has 2 aromatic carbocycles. The van der Waals surface area contributed by atoms with E-state index in [2.05, 4.69) is 4.98 Å². The van der Waals surface area contributed by atoms with Crippen LogP contribution in [0.4, 0.5) is 4.39 Å². The lowest BCUT2D eigenvalue weighted by molar-refractivity contribution is 0.415. The van der Waals surface area contributed by atoms with Crippen molar-refractivity contribution in [3.63, 3.8) is 0 Å². The van der Waals surface area contributed by atoms with Crippen molar-refractivity contribution in [3.8, 4) is 16.9 Å². The summed E-state index contributed by atoms with van der Waals surface area (Å²) in [4.78, 5) is 17.3. The zero-order valence-electron chi connectivity index (χ0n) is 14.0. The number of rotatable bonds is 4. The number of benzene rings is 2. The predicted octanol–water partition coefficient (Wildman–Crippen LogP) is 4.32. The summed E-state index contributed by atoms with van der Waals surface area (Å²) in [5.41, 5.74) is 3.18. The number of halogens is 1. The third-order valence-corrected chi connectivity index (χ3v) is 5.15. The highest BCUT2D eigenvalue weighted by atomic mass is 32.1. The third-order valence-electron chi connectivity index (χ3n) is 4.19. The number of ether oxygens (including phenoxy) is 1. The minimum Gasteiger partial charge on any atom is -0.497 e. The molecule has 0 saturated carbocycles. The first-order valence-electron chi connectivity index (χ1n) is 8.01. The number of fused-ring (bicyclic) bond motifs is 1. The van der Waals surface area contributed by atoms with Gasteiger partial charge in [-0.3, -0.25) is 9.36 Å². The molecular formula is C20H15FN2O2S. The third kappa shape index (κ3) is 2.99. The van der Waals surface area contributed by atoms with Crippen LogP contribution in [0.5, 0.6) is 5.75 Å². The highest BCUT2D eigenvalue weighted by molar-refractivity contribution is 7.17. The highest BCUT2D eigenvalue weighted by Crippen LogP contribution is 2.31. The Morgan fingerprint density at radius 1 is 1.19 bits per heavy atom. The van der Waals surface area contributed by atoms with Gasteiger partial charge in [0.05, 0.1) is 25.5 Å². The summed E-state index contributed by atoms with van der Waals surface area (Å²) in [6.07, 6.45) is 1.52. The molecule has 0 aliphatic rings. The van der Waals surface area contributed by atoms with Crippen molar-refractivity contribution in [1.82, 2.24) is 9.55 Å². The molecule has 0 fully saturated rings. The van der Waals surface area contributed by atoms with E-state index in [0.717, 1.165) is 22.4 Å². The summed E-state index contributed by atoms with van der Waals surface area (Å²) in [6.45, 7) is 0.287. The van der Waals surface area contributed by atoms with E-state index < -0.39 is 0 Å². The Balaban J connectivity index is 1.74. The van der Waals surface area contributed by atoms with Crippen LogP contribution in [0.1, 0.15) is 5.56 Å². The molecule has 0 N–H and O–H groups in total. The van der Waals surface area contributed by atoms with Gasteiger partial charge in [0.2, 0.25) is 0 Å². The lowest BCUT2D eigenvalue weighted by atomic mass is 10.1. The van der Waals surface area contributed by atoms with E-state index in [0.29, 0.717) is 10.2 Å². The van der Waals surface area contributed by atoms with E-state index in [1.54, 1.807) is 19.2 Å². The zero-order valence-corrected chi connectivity index (χ0v) is 14.8. The molecule has 26 heavy (non-hydrogen) atoms. The number of hydrogen-bond donors (Lipinski definition) is 0. The Labute approximate surface area is 153 Å². The largest absolute Gasteiger partial charge is 0.497 e. The van der Waals surface area contributed by atoms with Crippen molar-refractivity contribution in [3.05, 3.63) is 82.0 Å². The van der Waals surface area contributed by atoms with Gasteiger partial charge in [0.1, 0.15) is 16.3 Å². The average Bonchev–Trinajstić information content (AvgIpc) is 3.09. The van der Waals surface area contributed by atoms with E-state index in [1.807, 2.05) is 29.6 Å². The molecule has 0 radical (unpaired) electrons. The molecular weight excluding hydrogens is 351 g/mol. The number of methoxy groups -OCH3 is 1. The molecule has 2 aromatic heterocycles. The van der Waals surface area contributed by atoms with Gasteiger partial charge in [-0.15, -0.1) is 11.3 Å². The molecule has 0 aliphatic carbocycles. The minimum absolute atomic E-state index is 0.121. The Hall–Kier alpha value is -2.99. The van der Waals surface area contributed by atoms with E-state index in [-0.39, 0.29) is 17.9 Å². The van der Waals surface area contributed by atoms with Gasteiger partial charge in [-0.2, -0.15) is 0 Å². The molecule has 0 aliphatic heterocycles. The van der Waals surface area contributed by atoms with Crippen molar-refractivity contribution < 1.29 is 9.13 Å². The monoisotopic (exact) mass is 366 g/mol. The zero-order chi connectivity index (χ0) is 18.1. The topological polar surface area (TPSA) is 44.1 Å². The molecule has 4 aromatic rings. The number of hydrogen-bond acceptors (Lipinski definition) is 4. The first-order valence-corrected chi connectivity index (χ1v) is 8.89. The summed E-state index contributed by atoms with van der Waals surface area (Å²) in [6, 6.07) is 13.9. The molecule has 0 spiro atoms. The Morgan fingerprint density at radius 2 is 2.00 bits per heavy atom. The molecule has 2 heterocycles. The summed E-state index contributed by atoms with van der Waals surface area (Å²) in [5, 5.41) is 1.94. The average molecular weight is 366 g/mol. The lowest BCUT2D eigenvalue weighted by Gasteiger charge is -2.06. The fourth-order valence-corrected chi connectivity index (χ4v) is 3.84. The van der Waals surface area contributed by atoms with Crippen LogP contribution in [0.2, 0.25) is 0 Å². The quantitative estimate of drug-likeness (QED) is 0.540. The maximum Gasteiger partial charge on any atom is 0.271 e. The maximum absolute atomic E-state index is 13.4. The fourth-order valence-electron chi connectivity index (χ4n) is 2.86. The maximum atomic E-state index is 13.4. The van der Waals surface area contributed by atoms with Crippen LogP contribution in [0.15, 0.2) is 65.0 Å². The van der Waals surface area contributed by atoms with Gasteiger partial charge in [-0.1, -0.05) is 24.3 Å². The standard InChI is InChI=1S/C20H15FN2O2S/c1-25-16-7-5-14(6-8-16)17-11-26-19-18(17)22-12-23(20(19)24)10-13-3-2-4-15(21)9-13/h2-9,11-12H,10H2,1H3. The van der Waals surface area contributed by atoms with Crippen molar-refractivity contribution in [2.24, 2.45) is 0 Å². The smallest absolute Gasteiger partial charge is 0.271 e. The van der Waals surface area contributed by atoms with Crippen molar-refractivity contribution in [1.29, 1.82) is 0 Å². The summed E-state index contributed by atoms with van der Waals surface area (Å²) in [5.74, 6) is 0.459. The van der Waals surface area contributed by atoms with E-state index >= 15 is 0 Å². The molecule has 130 valence electrons. The Bertz CT molecular complexity index is 1130. The van der Waals surface area contributed by atoms with Crippen molar-refractivity contribution in [2.45, 2.75) is 6.54 Å². The van der Waals surface area contributed by atoms with Gasteiger partial charge in [0.25, 0.3) is 5.56 Å². The van der Waals surface area contributed by atoms with Crippen LogP contribution in [-0.4, -0.2) is 16.7 Å². The van der Waals surface area contributed by atoms with Gasteiger partial charge in [-0.25, -0.2) is 9.37 Å². The van der Waals surface area contributed by atoms with Gasteiger partial charge >= 0.3 is 0 Å².